The molecule has 90 valence electrons. The Morgan fingerprint density at radius 1 is 0.778 bits per heavy atom. The Morgan fingerprint density at radius 2 is 1.78 bits per heavy atom. The molecule has 0 aromatic rings. The maximum atomic E-state index is 2.46. The molecule has 0 nitrogen and oxygen atoms in total. The van der Waals surface area contributed by atoms with Crippen LogP contribution in [-0.4, -0.2) is 0 Å². The standard InChI is InChI=1S/C18H18/c1-2-7-17-14(4-1)10-11-18(17)16-9-8-13-5-3-6-15(13)12-16/h1-2,4-5,9,12H,3,6-8,10-11H2. The van der Waals surface area contributed by atoms with Gasteiger partial charge in [-0.05, 0) is 72.0 Å². The van der Waals surface area contributed by atoms with Gasteiger partial charge in [0.05, 0.1) is 0 Å². The fourth-order valence-electron chi connectivity index (χ4n) is 3.63. The van der Waals surface area contributed by atoms with Crippen molar-refractivity contribution in [3.05, 3.63) is 69.9 Å². The molecule has 0 aromatic heterocycles. The molecule has 0 fully saturated rings. The maximum absolute atomic E-state index is 2.46. The van der Waals surface area contributed by atoms with Gasteiger partial charge in [0, 0.05) is 0 Å². The van der Waals surface area contributed by atoms with E-state index in [9.17, 15) is 0 Å². The average molecular weight is 234 g/mol. The predicted molar refractivity (Wildman–Crippen MR) is 76.2 cm³/mol. The molecule has 0 radical (unpaired) electrons. The van der Waals surface area contributed by atoms with Crippen molar-refractivity contribution in [1.82, 2.24) is 0 Å². The molecule has 0 amide bonds. The van der Waals surface area contributed by atoms with E-state index in [0.29, 0.717) is 0 Å². The highest BCUT2D eigenvalue weighted by atomic mass is 14.3. The van der Waals surface area contributed by atoms with Gasteiger partial charge in [0.1, 0.15) is 0 Å². The van der Waals surface area contributed by atoms with Crippen LogP contribution in [0.2, 0.25) is 0 Å². The molecular weight excluding hydrogens is 216 g/mol. The molecule has 0 aliphatic heterocycles. The Kier molecular flexibility index (Phi) is 2.29. The third-order valence-corrected chi connectivity index (χ3v) is 4.59. The molecular formula is C18H18. The molecule has 0 heterocycles. The lowest BCUT2D eigenvalue weighted by Crippen LogP contribution is -1.97. The smallest absolute Gasteiger partial charge is 0.00886 e. The van der Waals surface area contributed by atoms with Crippen LogP contribution in [0.1, 0.15) is 38.5 Å². The minimum atomic E-state index is 1.14. The quantitative estimate of drug-likeness (QED) is 0.603. The first-order chi connectivity index (χ1) is 8.92. The van der Waals surface area contributed by atoms with Gasteiger partial charge in [0.15, 0.2) is 0 Å². The Balaban J connectivity index is 1.73. The van der Waals surface area contributed by atoms with Crippen LogP contribution in [0.3, 0.4) is 0 Å². The van der Waals surface area contributed by atoms with Gasteiger partial charge in [-0.15, -0.1) is 0 Å². The van der Waals surface area contributed by atoms with E-state index in [1.807, 2.05) is 0 Å². The van der Waals surface area contributed by atoms with Crippen LogP contribution in [0.25, 0.3) is 0 Å². The van der Waals surface area contributed by atoms with Crippen molar-refractivity contribution >= 4 is 0 Å². The van der Waals surface area contributed by atoms with Gasteiger partial charge in [-0.1, -0.05) is 36.5 Å². The molecule has 0 unspecified atom stereocenters. The zero-order valence-electron chi connectivity index (χ0n) is 10.7. The van der Waals surface area contributed by atoms with Gasteiger partial charge in [0.25, 0.3) is 0 Å². The highest BCUT2D eigenvalue weighted by molar-refractivity contribution is 5.60. The van der Waals surface area contributed by atoms with Crippen LogP contribution in [0.15, 0.2) is 69.9 Å². The molecule has 4 aliphatic rings. The molecule has 4 rings (SSSR count). The summed E-state index contributed by atoms with van der Waals surface area (Å²) in [6, 6.07) is 0. The monoisotopic (exact) mass is 234 g/mol. The Hall–Kier alpha value is -1.56. The highest BCUT2D eigenvalue weighted by Crippen LogP contribution is 2.43. The van der Waals surface area contributed by atoms with Crippen LogP contribution in [0.4, 0.5) is 0 Å². The van der Waals surface area contributed by atoms with Crippen molar-refractivity contribution < 1.29 is 0 Å². The summed E-state index contributed by atoms with van der Waals surface area (Å²) in [5.41, 5.74) is 9.54. The molecule has 0 bridgehead atoms. The third kappa shape index (κ3) is 1.52. The zero-order valence-corrected chi connectivity index (χ0v) is 10.7. The lowest BCUT2D eigenvalue weighted by Gasteiger charge is -2.16. The van der Waals surface area contributed by atoms with E-state index in [1.54, 1.807) is 27.9 Å². The summed E-state index contributed by atoms with van der Waals surface area (Å²) in [7, 11) is 0. The van der Waals surface area contributed by atoms with E-state index in [-0.39, 0.29) is 0 Å². The maximum Gasteiger partial charge on any atom is -0.00886 e. The molecule has 0 saturated carbocycles. The third-order valence-electron chi connectivity index (χ3n) is 4.59. The molecule has 4 aliphatic carbocycles. The first kappa shape index (κ1) is 10.4. The molecule has 0 N–H and O–H groups in total. The summed E-state index contributed by atoms with van der Waals surface area (Å²) >= 11 is 0. The van der Waals surface area contributed by atoms with Gasteiger partial charge in [-0.3, -0.25) is 0 Å². The lowest BCUT2D eigenvalue weighted by atomic mass is 9.89. The predicted octanol–water partition coefficient (Wildman–Crippen LogP) is 4.94. The van der Waals surface area contributed by atoms with Gasteiger partial charge < -0.3 is 0 Å². The van der Waals surface area contributed by atoms with Gasteiger partial charge in [-0.2, -0.15) is 0 Å². The van der Waals surface area contributed by atoms with Crippen molar-refractivity contribution in [3.63, 3.8) is 0 Å². The Labute approximate surface area is 109 Å². The lowest BCUT2D eigenvalue weighted by molar-refractivity contribution is 1.00. The Bertz CT molecular complexity index is 586. The van der Waals surface area contributed by atoms with Crippen LogP contribution >= 0.6 is 0 Å². The largest absolute Gasteiger partial charge is 0.0804 e. The van der Waals surface area contributed by atoms with Gasteiger partial charge in [-0.25, -0.2) is 0 Å². The first-order valence-electron chi connectivity index (χ1n) is 7.10. The summed E-state index contributed by atoms with van der Waals surface area (Å²) < 4.78 is 0. The van der Waals surface area contributed by atoms with Gasteiger partial charge >= 0.3 is 0 Å². The normalized spacial score (nSPS) is 25.3. The minimum absolute atomic E-state index is 1.14. The van der Waals surface area contributed by atoms with E-state index in [4.69, 9.17) is 0 Å². The second-order valence-electron chi connectivity index (χ2n) is 5.58. The highest BCUT2D eigenvalue weighted by Gasteiger charge is 2.24. The zero-order chi connectivity index (χ0) is 11.9. The number of rotatable bonds is 1. The van der Waals surface area contributed by atoms with Crippen LogP contribution < -0.4 is 0 Å². The number of hydrogen-bond donors (Lipinski definition) is 0. The van der Waals surface area contributed by atoms with Crippen molar-refractivity contribution in [3.8, 4) is 0 Å². The summed E-state index contributed by atoms with van der Waals surface area (Å²) in [5.74, 6) is 0. The van der Waals surface area contributed by atoms with E-state index in [1.165, 1.54) is 31.3 Å². The van der Waals surface area contributed by atoms with E-state index in [2.05, 4.69) is 36.5 Å². The molecule has 0 atom stereocenters. The minimum Gasteiger partial charge on any atom is -0.0804 e. The molecule has 0 saturated heterocycles. The molecule has 0 heteroatoms. The van der Waals surface area contributed by atoms with Crippen molar-refractivity contribution in [2.75, 3.05) is 0 Å². The Morgan fingerprint density at radius 3 is 2.78 bits per heavy atom. The van der Waals surface area contributed by atoms with E-state index in [0.717, 1.165) is 12.8 Å². The summed E-state index contributed by atoms with van der Waals surface area (Å²) in [6.07, 6.45) is 21.5. The topological polar surface area (TPSA) is 0 Å². The van der Waals surface area contributed by atoms with E-state index >= 15 is 0 Å². The fourth-order valence-corrected chi connectivity index (χ4v) is 3.63. The van der Waals surface area contributed by atoms with Crippen LogP contribution in [0.5, 0.6) is 0 Å². The number of allylic oxidation sites excluding steroid dienone is 12. The summed E-state index contributed by atoms with van der Waals surface area (Å²) in [6.45, 7) is 0. The van der Waals surface area contributed by atoms with Crippen LogP contribution in [0, 0.1) is 0 Å². The second-order valence-corrected chi connectivity index (χ2v) is 5.58. The number of fused-ring (bicyclic) bond motifs is 2. The molecule has 0 spiro atoms. The van der Waals surface area contributed by atoms with Crippen molar-refractivity contribution in [1.29, 1.82) is 0 Å². The number of hydrogen-bond acceptors (Lipinski definition) is 0. The van der Waals surface area contributed by atoms with Crippen LogP contribution in [-0.2, 0) is 0 Å². The fraction of sp³-hybridized carbons (Fsp3) is 0.333. The SMILES string of the molecule is C1=CCC2=C(C3=CCC4=CCCC4=C3)CCC2=C1. The molecule has 18 heavy (non-hydrogen) atoms. The van der Waals surface area contributed by atoms with Crippen molar-refractivity contribution in [2.24, 2.45) is 0 Å². The van der Waals surface area contributed by atoms with Crippen molar-refractivity contribution in [2.45, 2.75) is 38.5 Å². The average Bonchev–Trinajstić information content (AvgIpc) is 3.04. The van der Waals surface area contributed by atoms with E-state index < -0.39 is 0 Å². The molecule has 0 aromatic carbocycles. The first-order valence-corrected chi connectivity index (χ1v) is 7.10. The summed E-state index contributed by atoms with van der Waals surface area (Å²) in [5, 5.41) is 0. The van der Waals surface area contributed by atoms with Gasteiger partial charge in [0.2, 0.25) is 0 Å². The second kappa shape index (κ2) is 3.98. The summed E-state index contributed by atoms with van der Waals surface area (Å²) in [4.78, 5) is 0.